The molecule has 0 aromatic carbocycles. The van der Waals surface area contributed by atoms with E-state index in [1.807, 2.05) is 26.8 Å². The monoisotopic (exact) mass is 268 g/mol. The molecule has 0 atom stereocenters. The van der Waals surface area contributed by atoms with Crippen LogP contribution in [0.2, 0.25) is 0 Å². The molecule has 0 aliphatic carbocycles. The Morgan fingerprint density at radius 1 is 1.50 bits per heavy atom. The lowest BCUT2D eigenvalue weighted by atomic mass is 10.2. The van der Waals surface area contributed by atoms with Crippen molar-refractivity contribution in [3.8, 4) is 0 Å². The number of hydrogen-bond donors (Lipinski definition) is 1. The Balaban J connectivity index is 2.78. The lowest BCUT2D eigenvalue weighted by Crippen LogP contribution is -2.38. The summed E-state index contributed by atoms with van der Waals surface area (Å²) in [5.41, 5.74) is 5.48. The van der Waals surface area contributed by atoms with Gasteiger partial charge in [0.2, 0.25) is 0 Å². The van der Waals surface area contributed by atoms with E-state index in [-0.39, 0.29) is 11.9 Å². The zero-order chi connectivity index (χ0) is 13.7. The molecule has 0 spiro atoms. The molecule has 1 amide bonds. The molecule has 2 N–H and O–H groups in total. The fraction of sp³-hybridized carbons (Fsp3) is 0.538. The summed E-state index contributed by atoms with van der Waals surface area (Å²) in [5.74, 6) is 1.08. The molecule has 5 heteroatoms. The average molecular weight is 268 g/mol. The van der Waals surface area contributed by atoms with Gasteiger partial charge in [-0.1, -0.05) is 19.1 Å². The molecule has 4 nitrogen and oxygen atoms in total. The van der Waals surface area contributed by atoms with E-state index in [1.165, 1.54) is 0 Å². The van der Waals surface area contributed by atoms with Crippen molar-refractivity contribution in [2.75, 3.05) is 6.54 Å². The van der Waals surface area contributed by atoms with Crippen molar-refractivity contribution >= 4 is 23.1 Å². The number of hydrogen-bond acceptors (Lipinski definition) is 3. The van der Waals surface area contributed by atoms with Gasteiger partial charge in [-0.25, -0.2) is 0 Å². The Bertz CT molecular complexity index is 426. The van der Waals surface area contributed by atoms with Crippen molar-refractivity contribution in [1.82, 2.24) is 4.90 Å². The molecule has 100 valence electrons. The molecule has 1 aromatic rings. The smallest absolute Gasteiger partial charge is 0.289 e. The van der Waals surface area contributed by atoms with Crippen LogP contribution in [0.25, 0.3) is 0 Å². The van der Waals surface area contributed by atoms with Crippen LogP contribution in [-0.2, 0) is 6.42 Å². The second-order valence-electron chi connectivity index (χ2n) is 4.43. The Labute approximate surface area is 113 Å². The number of thiocarbonyl (C=S) groups is 1. The zero-order valence-electron chi connectivity index (χ0n) is 11.1. The van der Waals surface area contributed by atoms with Gasteiger partial charge < -0.3 is 15.1 Å². The molecule has 0 fully saturated rings. The van der Waals surface area contributed by atoms with Crippen molar-refractivity contribution < 1.29 is 9.21 Å². The molecule has 0 bridgehead atoms. The fourth-order valence-electron chi connectivity index (χ4n) is 1.65. The van der Waals surface area contributed by atoms with Gasteiger partial charge in [0.25, 0.3) is 5.91 Å². The minimum Gasteiger partial charge on any atom is -0.456 e. The number of carbonyl (C=O) groups excluding carboxylic acids is 1. The third-order valence-corrected chi connectivity index (χ3v) is 2.91. The first-order chi connectivity index (χ1) is 8.45. The van der Waals surface area contributed by atoms with Crippen molar-refractivity contribution in [2.45, 2.75) is 39.7 Å². The highest BCUT2D eigenvalue weighted by atomic mass is 32.1. The Morgan fingerprint density at radius 2 is 2.17 bits per heavy atom. The molecular formula is C13H20N2O2S. The molecule has 0 unspecified atom stereocenters. The van der Waals surface area contributed by atoms with Crippen molar-refractivity contribution in [2.24, 2.45) is 5.73 Å². The van der Waals surface area contributed by atoms with E-state index in [1.54, 1.807) is 11.0 Å². The van der Waals surface area contributed by atoms with Crippen LogP contribution in [0, 0.1) is 0 Å². The third kappa shape index (κ3) is 3.84. The van der Waals surface area contributed by atoms with Crippen LogP contribution in [0.1, 0.15) is 43.5 Å². The quantitative estimate of drug-likeness (QED) is 0.805. The zero-order valence-corrected chi connectivity index (χ0v) is 11.9. The van der Waals surface area contributed by atoms with Gasteiger partial charge in [-0.3, -0.25) is 4.79 Å². The third-order valence-electron chi connectivity index (χ3n) is 2.70. The van der Waals surface area contributed by atoms with Gasteiger partial charge in [-0.05, 0) is 26.0 Å². The summed E-state index contributed by atoms with van der Waals surface area (Å²) < 4.78 is 5.48. The number of furan rings is 1. The molecule has 18 heavy (non-hydrogen) atoms. The second-order valence-corrected chi connectivity index (χ2v) is 4.95. The number of aryl methyl sites for hydroxylation is 1. The van der Waals surface area contributed by atoms with Crippen LogP contribution in [0.3, 0.4) is 0 Å². The van der Waals surface area contributed by atoms with Crippen LogP contribution >= 0.6 is 12.2 Å². The Morgan fingerprint density at radius 3 is 2.61 bits per heavy atom. The van der Waals surface area contributed by atoms with Gasteiger partial charge in [-0.15, -0.1) is 0 Å². The van der Waals surface area contributed by atoms with Gasteiger partial charge in [0.15, 0.2) is 5.76 Å². The number of carbonyl (C=O) groups is 1. The molecule has 0 radical (unpaired) electrons. The second kappa shape index (κ2) is 6.54. The van der Waals surface area contributed by atoms with E-state index in [9.17, 15) is 4.79 Å². The maximum Gasteiger partial charge on any atom is 0.289 e. The highest BCUT2D eigenvalue weighted by Gasteiger charge is 2.21. The topological polar surface area (TPSA) is 59.5 Å². The molecule has 1 aromatic heterocycles. The van der Waals surface area contributed by atoms with Gasteiger partial charge in [0.1, 0.15) is 5.76 Å². The molecule has 0 saturated heterocycles. The lowest BCUT2D eigenvalue weighted by Gasteiger charge is -2.25. The van der Waals surface area contributed by atoms with Gasteiger partial charge >= 0.3 is 0 Å². The first kappa shape index (κ1) is 14.7. The van der Waals surface area contributed by atoms with E-state index in [2.05, 4.69) is 0 Å². The first-order valence-electron chi connectivity index (χ1n) is 6.13. The maximum absolute atomic E-state index is 12.3. The Kier molecular flexibility index (Phi) is 5.34. The summed E-state index contributed by atoms with van der Waals surface area (Å²) in [6, 6.07) is 3.64. The van der Waals surface area contributed by atoms with Crippen LogP contribution in [0.15, 0.2) is 16.5 Å². The van der Waals surface area contributed by atoms with Crippen molar-refractivity contribution in [3.05, 3.63) is 23.7 Å². The normalized spacial score (nSPS) is 10.7. The summed E-state index contributed by atoms with van der Waals surface area (Å²) in [7, 11) is 0. The minimum atomic E-state index is -0.110. The highest BCUT2D eigenvalue weighted by Crippen LogP contribution is 2.13. The van der Waals surface area contributed by atoms with Gasteiger partial charge in [-0.2, -0.15) is 0 Å². The number of nitrogens with two attached hydrogens (primary N) is 1. The number of nitrogens with zero attached hydrogens (tertiary/aromatic N) is 1. The van der Waals surface area contributed by atoms with Crippen LogP contribution in [-0.4, -0.2) is 28.4 Å². The van der Waals surface area contributed by atoms with E-state index >= 15 is 0 Å². The largest absolute Gasteiger partial charge is 0.456 e. The summed E-state index contributed by atoms with van der Waals surface area (Å²) in [5, 5.41) is 0. The van der Waals surface area contributed by atoms with E-state index < -0.39 is 0 Å². The summed E-state index contributed by atoms with van der Waals surface area (Å²) in [6.07, 6.45) is 1.31. The maximum atomic E-state index is 12.3. The summed E-state index contributed by atoms with van der Waals surface area (Å²) in [4.78, 5) is 14.4. The summed E-state index contributed by atoms with van der Waals surface area (Å²) in [6.45, 7) is 6.43. The number of rotatable bonds is 6. The van der Waals surface area contributed by atoms with E-state index in [0.717, 1.165) is 12.2 Å². The molecule has 1 heterocycles. The standard InChI is InChI=1S/C13H20N2O2S/c1-4-10-5-6-11(17-10)13(16)15(9(2)3)8-7-12(14)18/h5-6,9H,4,7-8H2,1-3H3,(H2,14,18). The average Bonchev–Trinajstić information content (AvgIpc) is 2.76. The molecule has 0 aliphatic rings. The summed E-state index contributed by atoms with van der Waals surface area (Å²) >= 11 is 4.84. The van der Waals surface area contributed by atoms with Crippen molar-refractivity contribution in [3.63, 3.8) is 0 Å². The van der Waals surface area contributed by atoms with Crippen LogP contribution in [0.5, 0.6) is 0 Å². The van der Waals surface area contributed by atoms with Crippen LogP contribution in [0.4, 0.5) is 0 Å². The number of amides is 1. The molecule has 0 saturated carbocycles. The lowest BCUT2D eigenvalue weighted by molar-refractivity contribution is 0.0677. The highest BCUT2D eigenvalue weighted by molar-refractivity contribution is 7.80. The molecule has 0 aliphatic heterocycles. The van der Waals surface area contributed by atoms with Crippen molar-refractivity contribution in [1.29, 1.82) is 0 Å². The van der Waals surface area contributed by atoms with Crippen LogP contribution < -0.4 is 5.73 Å². The van der Waals surface area contributed by atoms with Gasteiger partial charge in [0, 0.05) is 25.4 Å². The fourth-order valence-corrected chi connectivity index (χ4v) is 1.74. The predicted octanol–water partition coefficient (Wildman–Crippen LogP) is 2.37. The molecule has 1 rings (SSSR count). The SMILES string of the molecule is CCc1ccc(C(=O)N(CCC(N)=S)C(C)C)o1. The minimum absolute atomic E-state index is 0.0852. The van der Waals surface area contributed by atoms with E-state index in [0.29, 0.717) is 23.7 Å². The van der Waals surface area contributed by atoms with E-state index in [4.69, 9.17) is 22.4 Å². The molecular weight excluding hydrogens is 248 g/mol. The first-order valence-corrected chi connectivity index (χ1v) is 6.54. The Hall–Kier alpha value is -1.36. The van der Waals surface area contributed by atoms with Gasteiger partial charge in [0.05, 0.1) is 4.99 Å². The predicted molar refractivity (Wildman–Crippen MR) is 75.7 cm³/mol.